The monoisotopic (exact) mass is 888 g/mol. The van der Waals surface area contributed by atoms with Crippen LogP contribution in [0.5, 0.6) is 0 Å². The summed E-state index contributed by atoms with van der Waals surface area (Å²) >= 11 is 0. The van der Waals surface area contributed by atoms with Crippen LogP contribution in [0.4, 0.5) is 11.4 Å². The Morgan fingerprint density at radius 3 is 1.91 bits per heavy atom. The van der Waals surface area contributed by atoms with Gasteiger partial charge in [0.25, 0.3) is 0 Å². The van der Waals surface area contributed by atoms with Crippen molar-refractivity contribution in [2.75, 3.05) is 4.90 Å². The zero-order valence-corrected chi connectivity index (χ0v) is 42.1. The van der Waals surface area contributed by atoms with E-state index < -0.39 is 0 Å². The van der Waals surface area contributed by atoms with E-state index in [1.54, 1.807) is 0 Å². The van der Waals surface area contributed by atoms with Gasteiger partial charge in [-0.3, -0.25) is 0 Å². The van der Waals surface area contributed by atoms with Gasteiger partial charge in [0.05, 0.1) is 5.69 Å². The SMILES string of the molecule is C=C(/C(C)=C\C=C(/C)c1ccc(N(/C(C)=C/C=C(\C)c2ccc3c(c2)C(C)(C)c2ccccc2-3)c2ccc(C3=CCCC=C3)cc2)c2ccccc12)c1ccccc1C.CC.Cc1ccccc1. The van der Waals surface area contributed by atoms with Gasteiger partial charge in [0.15, 0.2) is 0 Å². The van der Waals surface area contributed by atoms with Crippen LogP contribution in [0.15, 0.2) is 218 Å². The number of allylic oxidation sites excluding steroid dienone is 13. The van der Waals surface area contributed by atoms with E-state index in [0.717, 1.165) is 41.1 Å². The lowest BCUT2D eigenvalue weighted by Crippen LogP contribution is -2.15. The molecule has 68 heavy (non-hydrogen) atoms. The summed E-state index contributed by atoms with van der Waals surface area (Å²) in [7, 11) is 0. The summed E-state index contributed by atoms with van der Waals surface area (Å²) in [5.74, 6) is 0. The molecule has 0 N–H and O–H groups in total. The lowest BCUT2D eigenvalue weighted by molar-refractivity contribution is 0.660. The van der Waals surface area contributed by atoms with Gasteiger partial charge in [-0.2, -0.15) is 0 Å². The second-order valence-electron chi connectivity index (χ2n) is 18.4. The highest BCUT2D eigenvalue weighted by Gasteiger charge is 2.35. The molecule has 0 aliphatic heterocycles. The maximum atomic E-state index is 4.45. The van der Waals surface area contributed by atoms with E-state index in [1.807, 2.05) is 32.0 Å². The molecule has 7 aromatic rings. The van der Waals surface area contributed by atoms with E-state index >= 15 is 0 Å². The third-order valence-electron chi connectivity index (χ3n) is 13.5. The molecule has 1 nitrogen and oxygen atoms in total. The number of hydrogen-bond acceptors (Lipinski definition) is 1. The largest absolute Gasteiger partial charge is 0.314 e. The Morgan fingerprint density at radius 2 is 1.22 bits per heavy atom. The van der Waals surface area contributed by atoms with Crippen molar-refractivity contribution in [3.8, 4) is 11.1 Å². The van der Waals surface area contributed by atoms with Crippen LogP contribution in [0.3, 0.4) is 0 Å². The van der Waals surface area contributed by atoms with Gasteiger partial charge in [-0.15, -0.1) is 0 Å². The van der Waals surface area contributed by atoms with E-state index in [4.69, 9.17) is 0 Å². The Hall–Kier alpha value is -7.22. The van der Waals surface area contributed by atoms with E-state index in [-0.39, 0.29) is 5.41 Å². The standard InChI is InChI=1S/C58H55N.C7H8.C2H6/c1-39(44(6)49-21-13-12-18-41(49)3)26-27-42(4)50-36-37-57(54-24-15-14-22-51(50)54)59(48-33-30-46(31-34-48)45-19-10-9-11-20-45)43(5)29-28-40(2)47-32-35-53-52-23-16-17-25-55(52)58(7,8)56(53)38-47;1-7-5-3-2-4-6-7;1-2/h10,12-38H,6,9,11H2,1-5,7-8H3;2-6H,1H3;1-2H3/b39-26-,40-28+,42-27+,43-29+;;. The molecule has 1 heteroatoms. The van der Waals surface area contributed by atoms with Crippen molar-refractivity contribution in [3.63, 3.8) is 0 Å². The quantitative estimate of drug-likeness (QED) is 0.124. The van der Waals surface area contributed by atoms with Crippen molar-refractivity contribution < 1.29 is 0 Å². The molecular formula is C67H69N. The second-order valence-corrected chi connectivity index (χ2v) is 18.4. The average molecular weight is 888 g/mol. The molecule has 0 heterocycles. The fourth-order valence-corrected chi connectivity index (χ4v) is 9.45. The summed E-state index contributed by atoms with van der Waals surface area (Å²) in [6.07, 6.45) is 18.1. The molecule has 342 valence electrons. The molecule has 0 radical (unpaired) electrons. The highest BCUT2D eigenvalue weighted by Crippen LogP contribution is 2.49. The van der Waals surface area contributed by atoms with E-state index in [1.165, 1.54) is 83.1 Å². The van der Waals surface area contributed by atoms with Gasteiger partial charge < -0.3 is 4.90 Å². The van der Waals surface area contributed by atoms with Crippen LogP contribution in [0, 0.1) is 13.8 Å². The van der Waals surface area contributed by atoms with Crippen LogP contribution in [0.25, 0.3) is 44.2 Å². The topological polar surface area (TPSA) is 3.24 Å². The summed E-state index contributed by atoms with van der Waals surface area (Å²) in [6, 6.07) is 57.1. The maximum Gasteiger partial charge on any atom is 0.0537 e. The zero-order valence-electron chi connectivity index (χ0n) is 42.1. The third-order valence-corrected chi connectivity index (χ3v) is 13.5. The first-order valence-electron chi connectivity index (χ1n) is 24.4. The van der Waals surface area contributed by atoms with Crippen molar-refractivity contribution in [1.29, 1.82) is 0 Å². The van der Waals surface area contributed by atoms with Crippen LogP contribution in [0.2, 0.25) is 0 Å². The Balaban J connectivity index is 0.000000690. The molecule has 0 amide bonds. The first-order chi connectivity index (χ1) is 32.9. The van der Waals surface area contributed by atoms with Gasteiger partial charge in [-0.25, -0.2) is 0 Å². The fourth-order valence-electron chi connectivity index (χ4n) is 9.45. The normalized spacial score (nSPS) is 14.2. The van der Waals surface area contributed by atoms with Gasteiger partial charge in [-0.1, -0.05) is 210 Å². The summed E-state index contributed by atoms with van der Waals surface area (Å²) in [6.45, 7) is 26.2. The Morgan fingerprint density at radius 1 is 0.574 bits per heavy atom. The molecule has 0 unspecified atom stereocenters. The Labute approximate surface area is 408 Å². The molecule has 0 spiro atoms. The van der Waals surface area contributed by atoms with E-state index in [2.05, 4.69) is 249 Å². The minimum atomic E-state index is -0.0356. The lowest BCUT2D eigenvalue weighted by atomic mass is 9.81. The second kappa shape index (κ2) is 22.1. The fraction of sp³-hybridized carbons (Fsp3) is 0.194. The Kier molecular flexibility index (Phi) is 15.8. The third kappa shape index (κ3) is 10.6. The lowest BCUT2D eigenvalue weighted by Gasteiger charge is -2.28. The minimum Gasteiger partial charge on any atom is -0.314 e. The molecule has 0 atom stereocenters. The molecule has 0 aromatic heterocycles. The van der Waals surface area contributed by atoms with Crippen LogP contribution in [-0.2, 0) is 5.41 Å². The number of anilines is 2. The summed E-state index contributed by atoms with van der Waals surface area (Å²) in [5, 5.41) is 2.43. The predicted octanol–water partition coefficient (Wildman–Crippen LogP) is 19.4. The van der Waals surface area contributed by atoms with Gasteiger partial charge in [0.2, 0.25) is 0 Å². The van der Waals surface area contributed by atoms with Crippen molar-refractivity contribution in [2.45, 2.75) is 87.5 Å². The highest BCUT2D eigenvalue weighted by molar-refractivity contribution is 6.03. The molecular weight excluding hydrogens is 819 g/mol. The Bertz CT molecular complexity index is 3100. The average Bonchev–Trinajstić information content (AvgIpc) is 3.61. The first-order valence-corrected chi connectivity index (χ1v) is 24.4. The number of aryl methyl sites for hydroxylation is 2. The molecule has 0 fully saturated rings. The minimum absolute atomic E-state index is 0.0356. The first kappa shape index (κ1) is 48.7. The number of benzene rings is 7. The highest BCUT2D eigenvalue weighted by atomic mass is 15.1. The molecule has 7 aromatic carbocycles. The summed E-state index contributed by atoms with van der Waals surface area (Å²) in [4.78, 5) is 2.42. The van der Waals surface area contributed by atoms with Crippen LogP contribution in [0.1, 0.15) is 113 Å². The molecule has 0 bridgehead atoms. The zero-order chi connectivity index (χ0) is 48.4. The smallest absolute Gasteiger partial charge is 0.0537 e. The van der Waals surface area contributed by atoms with E-state index in [0.29, 0.717) is 0 Å². The van der Waals surface area contributed by atoms with Crippen molar-refractivity contribution in [1.82, 2.24) is 0 Å². The predicted molar refractivity (Wildman–Crippen MR) is 300 cm³/mol. The van der Waals surface area contributed by atoms with Crippen molar-refractivity contribution in [2.24, 2.45) is 0 Å². The van der Waals surface area contributed by atoms with Crippen LogP contribution < -0.4 is 4.90 Å². The summed E-state index contributed by atoms with van der Waals surface area (Å²) in [5.41, 5.74) is 22.3. The van der Waals surface area contributed by atoms with Crippen molar-refractivity contribution >= 4 is 44.4 Å². The van der Waals surface area contributed by atoms with Gasteiger partial charge >= 0.3 is 0 Å². The van der Waals surface area contributed by atoms with Gasteiger partial charge in [-0.05, 0) is 168 Å². The van der Waals surface area contributed by atoms with Crippen LogP contribution >= 0.6 is 0 Å². The number of hydrogen-bond donors (Lipinski definition) is 0. The number of nitrogens with zero attached hydrogens (tertiary/aromatic N) is 1. The molecule has 0 saturated carbocycles. The molecule has 0 saturated heterocycles. The maximum absolute atomic E-state index is 4.45. The van der Waals surface area contributed by atoms with Crippen molar-refractivity contribution in [3.05, 3.63) is 263 Å². The molecule has 2 aliphatic carbocycles. The number of fused-ring (bicyclic) bond motifs is 4. The summed E-state index contributed by atoms with van der Waals surface area (Å²) < 4.78 is 0. The molecule has 2 aliphatic rings. The number of rotatable bonds is 10. The van der Waals surface area contributed by atoms with Crippen LogP contribution in [-0.4, -0.2) is 0 Å². The molecule has 9 rings (SSSR count). The van der Waals surface area contributed by atoms with E-state index in [9.17, 15) is 0 Å². The van der Waals surface area contributed by atoms with Gasteiger partial charge in [0, 0.05) is 22.2 Å². The van der Waals surface area contributed by atoms with Gasteiger partial charge in [0.1, 0.15) is 0 Å².